The van der Waals surface area contributed by atoms with E-state index in [-0.39, 0.29) is 5.91 Å². The zero-order chi connectivity index (χ0) is 16.5. The first kappa shape index (κ1) is 17.2. The highest BCUT2D eigenvalue weighted by molar-refractivity contribution is 7.09. The van der Waals surface area contributed by atoms with Crippen molar-refractivity contribution in [3.05, 3.63) is 59.3 Å². The number of para-hydroxylation sites is 2. The minimum Gasteiger partial charge on any atom is -0.492 e. The Morgan fingerprint density at radius 1 is 1.35 bits per heavy atom. The summed E-state index contributed by atoms with van der Waals surface area (Å²) in [7, 11) is 0. The maximum absolute atomic E-state index is 12.3. The van der Waals surface area contributed by atoms with Crippen LogP contribution in [0.5, 0.6) is 5.75 Å². The molecule has 5 heteroatoms. The number of amides is 1. The third kappa shape index (κ3) is 5.54. The Labute approximate surface area is 141 Å². The van der Waals surface area contributed by atoms with Crippen LogP contribution in [0.25, 0.3) is 0 Å². The number of benzene rings is 1. The molecule has 0 atom stereocenters. The molecule has 2 aromatic rings. The van der Waals surface area contributed by atoms with Crippen molar-refractivity contribution in [1.82, 2.24) is 4.90 Å². The molecule has 1 aromatic carbocycles. The minimum atomic E-state index is -0.0597. The van der Waals surface area contributed by atoms with Crippen molar-refractivity contribution in [2.45, 2.75) is 13.5 Å². The van der Waals surface area contributed by atoms with Crippen LogP contribution in [0, 0.1) is 0 Å². The van der Waals surface area contributed by atoms with Gasteiger partial charge in [-0.2, -0.15) is 0 Å². The van der Waals surface area contributed by atoms with E-state index < -0.39 is 0 Å². The van der Waals surface area contributed by atoms with Crippen LogP contribution >= 0.6 is 11.3 Å². The molecule has 1 heterocycles. The van der Waals surface area contributed by atoms with E-state index in [0.29, 0.717) is 31.1 Å². The van der Waals surface area contributed by atoms with E-state index in [9.17, 15) is 4.79 Å². The van der Waals surface area contributed by atoms with Gasteiger partial charge in [0.1, 0.15) is 5.75 Å². The van der Waals surface area contributed by atoms with Gasteiger partial charge in [0.2, 0.25) is 5.91 Å². The lowest BCUT2D eigenvalue weighted by atomic mass is 10.3. The van der Waals surface area contributed by atoms with Crippen LogP contribution in [0.2, 0.25) is 0 Å². The SMILES string of the molecule is C=CCN(CC(=O)Nc1ccccc1OCC)Cc1cccs1. The zero-order valence-electron chi connectivity index (χ0n) is 13.3. The molecule has 1 amide bonds. The molecule has 0 unspecified atom stereocenters. The molecule has 4 nitrogen and oxygen atoms in total. The fourth-order valence-electron chi connectivity index (χ4n) is 2.23. The maximum atomic E-state index is 12.3. The molecular formula is C18H22N2O2S. The predicted octanol–water partition coefficient (Wildman–Crippen LogP) is 3.77. The summed E-state index contributed by atoms with van der Waals surface area (Å²) in [4.78, 5) is 15.6. The fourth-order valence-corrected chi connectivity index (χ4v) is 2.98. The van der Waals surface area contributed by atoms with Crippen molar-refractivity contribution < 1.29 is 9.53 Å². The van der Waals surface area contributed by atoms with Crippen LogP contribution in [0.3, 0.4) is 0 Å². The topological polar surface area (TPSA) is 41.6 Å². The second kappa shape index (κ2) is 9.12. The molecule has 2 rings (SSSR count). The lowest BCUT2D eigenvalue weighted by molar-refractivity contribution is -0.117. The van der Waals surface area contributed by atoms with E-state index in [2.05, 4.69) is 22.9 Å². The molecule has 0 fully saturated rings. The van der Waals surface area contributed by atoms with Crippen LogP contribution in [-0.4, -0.2) is 30.5 Å². The predicted molar refractivity (Wildman–Crippen MR) is 96.0 cm³/mol. The second-order valence-corrected chi connectivity index (χ2v) is 6.05. The Bertz CT molecular complexity index is 626. The summed E-state index contributed by atoms with van der Waals surface area (Å²) in [5, 5.41) is 4.97. The van der Waals surface area contributed by atoms with Gasteiger partial charge in [-0.25, -0.2) is 0 Å². The average molecular weight is 330 g/mol. The van der Waals surface area contributed by atoms with Gasteiger partial charge in [0, 0.05) is 18.0 Å². The molecule has 0 aliphatic rings. The fraction of sp³-hybridized carbons (Fsp3) is 0.278. The van der Waals surface area contributed by atoms with Crippen LogP contribution in [0.15, 0.2) is 54.4 Å². The molecule has 23 heavy (non-hydrogen) atoms. The molecule has 1 aromatic heterocycles. The Kier molecular flexibility index (Phi) is 6.84. The number of ether oxygens (including phenoxy) is 1. The molecule has 0 radical (unpaired) electrons. The molecule has 0 aliphatic carbocycles. The standard InChI is InChI=1S/C18H22N2O2S/c1-3-11-20(13-15-8-7-12-23-15)14-18(21)19-16-9-5-6-10-17(16)22-4-2/h3,5-10,12H,1,4,11,13-14H2,2H3,(H,19,21). The van der Waals surface area contributed by atoms with E-state index >= 15 is 0 Å². The second-order valence-electron chi connectivity index (χ2n) is 5.02. The van der Waals surface area contributed by atoms with Crippen LogP contribution in [0.4, 0.5) is 5.69 Å². The van der Waals surface area contributed by atoms with Gasteiger partial charge in [-0.15, -0.1) is 17.9 Å². The van der Waals surface area contributed by atoms with Gasteiger partial charge in [-0.3, -0.25) is 9.69 Å². The van der Waals surface area contributed by atoms with E-state index in [1.165, 1.54) is 4.88 Å². The first-order valence-corrected chi connectivity index (χ1v) is 8.48. The molecule has 0 saturated carbocycles. The number of hydrogen-bond acceptors (Lipinski definition) is 4. The van der Waals surface area contributed by atoms with Crippen molar-refractivity contribution in [2.75, 3.05) is 25.0 Å². The summed E-state index contributed by atoms with van der Waals surface area (Å²) >= 11 is 1.69. The molecule has 0 spiro atoms. The van der Waals surface area contributed by atoms with Gasteiger partial charge in [0.05, 0.1) is 18.8 Å². The lowest BCUT2D eigenvalue weighted by Crippen LogP contribution is -2.32. The number of thiophene rings is 1. The van der Waals surface area contributed by atoms with Crippen molar-refractivity contribution >= 4 is 22.9 Å². The first-order chi connectivity index (χ1) is 11.2. The highest BCUT2D eigenvalue weighted by Crippen LogP contribution is 2.23. The largest absolute Gasteiger partial charge is 0.492 e. The Morgan fingerprint density at radius 3 is 2.87 bits per heavy atom. The van der Waals surface area contributed by atoms with Gasteiger partial charge in [-0.05, 0) is 30.5 Å². The van der Waals surface area contributed by atoms with E-state index in [4.69, 9.17) is 4.74 Å². The number of anilines is 1. The summed E-state index contributed by atoms with van der Waals surface area (Å²) in [5.74, 6) is 0.632. The molecular weight excluding hydrogens is 308 g/mol. The smallest absolute Gasteiger partial charge is 0.238 e. The first-order valence-electron chi connectivity index (χ1n) is 7.60. The van der Waals surface area contributed by atoms with Crippen LogP contribution < -0.4 is 10.1 Å². The molecule has 122 valence electrons. The quantitative estimate of drug-likeness (QED) is 0.712. The number of nitrogens with zero attached hydrogens (tertiary/aromatic N) is 1. The number of nitrogens with one attached hydrogen (secondary N) is 1. The summed E-state index contributed by atoms with van der Waals surface area (Å²) in [6.07, 6.45) is 1.81. The van der Waals surface area contributed by atoms with Crippen LogP contribution in [0.1, 0.15) is 11.8 Å². The van der Waals surface area contributed by atoms with Crippen LogP contribution in [-0.2, 0) is 11.3 Å². The zero-order valence-corrected chi connectivity index (χ0v) is 14.1. The van der Waals surface area contributed by atoms with Gasteiger partial charge >= 0.3 is 0 Å². The summed E-state index contributed by atoms with van der Waals surface area (Å²) in [5.41, 5.74) is 0.703. The van der Waals surface area contributed by atoms with E-state index in [1.54, 1.807) is 11.3 Å². The monoisotopic (exact) mass is 330 g/mol. The van der Waals surface area contributed by atoms with Crippen molar-refractivity contribution in [3.8, 4) is 5.75 Å². The lowest BCUT2D eigenvalue weighted by Gasteiger charge is -2.20. The van der Waals surface area contributed by atoms with Gasteiger partial charge < -0.3 is 10.1 Å². The summed E-state index contributed by atoms with van der Waals surface area (Å²) in [6.45, 7) is 7.97. The number of carbonyl (C=O) groups is 1. The molecule has 0 aliphatic heterocycles. The van der Waals surface area contributed by atoms with Gasteiger partial charge in [0.25, 0.3) is 0 Å². The van der Waals surface area contributed by atoms with Crippen molar-refractivity contribution in [2.24, 2.45) is 0 Å². The Hall–Kier alpha value is -2.11. The average Bonchev–Trinajstić information content (AvgIpc) is 3.02. The molecule has 0 bridgehead atoms. The number of hydrogen-bond donors (Lipinski definition) is 1. The molecule has 1 N–H and O–H groups in total. The normalized spacial score (nSPS) is 10.5. The highest BCUT2D eigenvalue weighted by Gasteiger charge is 2.12. The third-order valence-corrected chi connectivity index (χ3v) is 4.04. The Balaban J connectivity index is 1.97. The summed E-state index contributed by atoms with van der Waals surface area (Å²) < 4.78 is 5.53. The maximum Gasteiger partial charge on any atom is 0.238 e. The van der Waals surface area contributed by atoms with Gasteiger partial charge in [0.15, 0.2) is 0 Å². The number of rotatable bonds is 9. The van der Waals surface area contributed by atoms with Gasteiger partial charge in [-0.1, -0.05) is 24.3 Å². The Morgan fingerprint density at radius 2 is 2.17 bits per heavy atom. The minimum absolute atomic E-state index is 0.0597. The van der Waals surface area contributed by atoms with Crippen molar-refractivity contribution in [3.63, 3.8) is 0 Å². The number of carbonyl (C=O) groups excluding carboxylic acids is 1. The highest BCUT2D eigenvalue weighted by atomic mass is 32.1. The van der Waals surface area contributed by atoms with E-state index in [1.807, 2.05) is 48.7 Å². The molecule has 0 saturated heterocycles. The summed E-state index contributed by atoms with van der Waals surface area (Å²) in [6, 6.07) is 11.6. The third-order valence-electron chi connectivity index (χ3n) is 3.18. The van der Waals surface area contributed by atoms with E-state index in [0.717, 1.165) is 6.54 Å². The van der Waals surface area contributed by atoms with Crippen molar-refractivity contribution in [1.29, 1.82) is 0 Å².